The zero-order valence-corrected chi connectivity index (χ0v) is 16.9. The molecule has 0 radical (unpaired) electrons. The standard InChI is InChI=1S/C22H29N3OS/c1-19-6-5-7-20(16-19)17-24-11-13-25(14-12-24)18-22(26)23-10-15-27-21-8-3-2-4-9-21/h2-9,16H,10-15,17-18H2,1H3,(H,23,26). The molecular formula is C22H29N3OS. The number of rotatable bonds is 8. The summed E-state index contributed by atoms with van der Waals surface area (Å²) < 4.78 is 0. The first kappa shape index (κ1) is 19.9. The van der Waals surface area contributed by atoms with Crippen LogP contribution in [-0.4, -0.2) is 60.7 Å². The fourth-order valence-corrected chi connectivity index (χ4v) is 4.10. The third kappa shape index (κ3) is 7.01. The Labute approximate surface area is 166 Å². The number of piperazine rings is 1. The van der Waals surface area contributed by atoms with Crippen molar-refractivity contribution in [2.75, 3.05) is 45.0 Å². The summed E-state index contributed by atoms with van der Waals surface area (Å²) in [5.41, 5.74) is 2.69. The first-order valence-corrected chi connectivity index (χ1v) is 10.6. The van der Waals surface area contributed by atoms with Gasteiger partial charge in [0.15, 0.2) is 0 Å². The van der Waals surface area contributed by atoms with Crippen LogP contribution in [0.3, 0.4) is 0 Å². The molecule has 0 unspecified atom stereocenters. The van der Waals surface area contributed by atoms with Gasteiger partial charge in [-0.05, 0) is 24.6 Å². The number of thioether (sulfide) groups is 1. The summed E-state index contributed by atoms with van der Waals surface area (Å²) in [4.78, 5) is 18.1. The highest BCUT2D eigenvalue weighted by atomic mass is 32.2. The lowest BCUT2D eigenvalue weighted by Gasteiger charge is -2.34. The second-order valence-corrected chi connectivity index (χ2v) is 8.22. The molecule has 0 bridgehead atoms. The number of hydrogen-bond donors (Lipinski definition) is 1. The van der Waals surface area contributed by atoms with Crippen molar-refractivity contribution in [3.05, 3.63) is 65.7 Å². The largest absolute Gasteiger partial charge is 0.354 e. The second-order valence-electron chi connectivity index (χ2n) is 7.05. The highest BCUT2D eigenvalue weighted by Crippen LogP contribution is 2.15. The van der Waals surface area contributed by atoms with Crippen LogP contribution in [0.2, 0.25) is 0 Å². The lowest BCUT2D eigenvalue weighted by molar-refractivity contribution is -0.122. The van der Waals surface area contributed by atoms with Gasteiger partial charge in [0, 0.05) is 49.9 Å². The van der Waals surface area contributed by atoms with Crippen molar-refractivity contribution in [3.8, 4) is 0 Å². The van der Waals surface area contributed by atoms with E-state index in [1.807, 2.05) is 18.2 Å². The van der Waals surface area contributed by atoms with Gasteiger partial charge >= 0.3 is 0 Å². The van der Waals surface area contributed by atoms with Crippen LogP contribution in [0.5, 0.6) is 0 Å². The predicted molar refractivity (Wildman–Crippen MR) is 113 cm³/mol. The minimum Gasteiger partial charge on any atom is -0.354 e. The minimum absolute atomic E-state index is 0.135. The Morgan fingerprint density at radius 3 is 2.48 bits per heavy atom. The van der Waals surface area contributed by atoms with Crippen LogP contribution in [0, 0.1) is 6.92 Å². The average molecular weight is 384 g/mol. The molecule has 1 aliphatic heterocycles. The maximum absolute atomic E-state index is 12.2. The van der Waals surface area contributed by atoms with Gasteiger partial charge in [0.1, 0.15) is 0 Å². The van der Waals surface area contributed by atoms with Gasteiger partial charge in [-0.25, -0.2) is 0 Å². The molecule has 0 spiro atoms. The van der Waals surface area contributed by atoms with Gasteiger partial charge in [-0.2, -0.15) is 0 Å². The van der Waals surface area contributed by atoms with Crippen molar-refractivity contribution >= 4 is 17.7 Å². The van der Waals surface area contributed by atoms with E-state index in [0.717, 1.165) is 38.5 Å². The van der Waals surface area contributed by atoms with Gasteiger partial charge in [0.05, 0.1) is 6.54 Å². The monoisotopic (exact) mass is 383 g/mol. The molecule has 1 fully saturated rings. The Morgan fingerprint density at radius 1 is 1.00 bits per heavy atom. The zero-order valence-electron chi connectivity index (χ0n) is 16.1. The molecule has 1 N–H and O–H groups in total. The van der Waals surface area contributed by atoms with E-state index in [1.54, 1.807) is 11.8 Å². The summed E-state index contributed by atoms with van der Waals surface area (Å²) in [6.07, 6.45) is 0. The van der Waals surface area contributed by atoms with Crippen LogP contribution in [0.25, 0.3) is 0 Å². The average Bonchev–Trinajstić information content (AvgIpc) is 2.68. The topological polar surface area (TPSA) is 35.6 Å². The van der Waals surface area contributed by atoms with Crippen LogP contribution >= 0.6 is 11.8 Å². The number of nitrogens with zero attached hydrogens (tertiary/aromatic N) is 2. The van der Waals surface area contributed by atoms with E-state index in [2.05, 4.69) is 58.4 Å². The Bertz CT molecular complexity index is 715. The molecule has 1 heterocycles. The molecule has 0 aromatic heterocycles. The highest BCUT2D eigenvalue weighted by molar-refractivity contribution is 7.99. The Hall–Kier alpha value is -1.82. The number of hydrogen-bond acceptors (Lipinski definition) is 4. The van der Waals surface area contributed by atoms with E-state index in [4.69, 9.17) is 0 Å². The van der Waals surface area contributed by atoms with Crippen LogP contribution in [-0.2, 0) is 11.3 Å². The molecule has 1 saturated heterocycles. The van der Waals surface area contributed by atoms with Gasteiger partial charge in [0.25, 0.3) is 0 Å². The summed E-state index contributed by atoms with van der Waals surface area (Å²) in [5, 5.41) is 3.04. The summed E-state index contributed by atoms with van der Waals surface area (Å²) in [7, 11) is 0. The number of benzene rings is 2. The molecule has 2 aromatic carbocycles. The van der Waals surface area contributed by atoms with E-state index in [1.165, 1.54) is 16.0 Å². The maximum atomic E-state index is 12.2. The van der Waals surface area contributed by atoms with Crippen LogP contribution < -0.4 is 5.32 Å². The highest BCUT2D eigenvalue weighted by Gasteiger charge is 2.18. The third-order valence-electron chi connectivity index (χ3n) is 4.76. The minimum atomic E-state index is 0.135. The molecule has 1 amide bonds. The van der Waals surface area contributed by atoms with Crippen molar-refractivity contribution < 1.29 is 4.79 Å². The smallest absolute Gasteiger partial charge is 0.234 e. The van der Waals surface area contributed by atoms with E-state index >= 15 is 0 Å². The normalized spacial score (nSPS) is 15.6. The summed E-state index contributed by atoms with van der Waals surface area (Å²) in [5.74, 6) is 1.04. The van der Waals surface area contributed by atoms with Crippen LogP contribution in [0.4, 0.5) is 0 Å². The molecular weight excluding hydrogens is 354 g/mol. The number of aryl methyl sites for hydroxylation is 1. The van der Waals surface area contributed by atoms with E-state index in [0.29, 0.717) is 13.1 Å². The van der Waals surface area contributed by atoms with Crippen molar-refractivity contribution in [3.63, 3.8) is 0 Å². The van der Waals surface area contributed by atoms with Gasteiger partial charge in [-0.15, -0.1) is 11.8 Å². The molecule has 1 aliphatic rings. The number of carbonyl (C=O) groups excluding carboxylic acids is 1. The summed E-state index contributed by atoms with van der Waals surface area (Å²) in [6, 6.07) is 19.0. The number of amides is 1. The molecule has 0 aliphatic carbocycles. The lowest BCUT2D eigenvalue weighted by Crippen LogP contribution is -2.49. The SMILES string of the molecule is Cc1cccc(CN2CCN(CC(=O)NCCSc3ccccc3)CC2)c1. The second kappa shape index (κ2) is 10.5. The van der Waals surface area contributed by atoms with Gasteiger partial charge in [-0.1, -0.05) is 48.0 Å². The molecule has 144 valence electrons. The Kier molecular flexibility index (Phi) is 7.75. The van der Waals surface area contributed by atoms with Crippen LogP contribution in [0.15, 0.2) is 59.5 Å². The van der Waals surface area contributed by atoms with Crippen LogP contribution in [0.1, 0.15) is 11.1 Å². The molecule has 3 rings (SSSR count). The van der Waals surface area contributed by atoms with Gasteiger partial charge in [-0.3, -0.25) is 14.6 Å². The molecule has 4 nitrogen and oxygen atoms in total. The first-order chi connectivity index (χ1) is 13.2. The quantitative estimate of drug-likeness (QED) is 0.561. The van der Waals surface area contributed by atoms with E-state index in [-0.39, 0.29) is 5.91 Å². The third-order valence-corrected chi connectivity index (χ3v) is 5.77. The molecule has 5 heteroatoms. The predicted octanol–water partition coefficient (Wildman–Crippen LogP) is 3.02. The number of nitrogens with one attached hydrogen (secondary N) is 1. The maximum Gasteiger partial charge on any atom is 0.234 e. The fraction of sp³-hybridized carbons (Fsp3) is 0.409. The lowest BCUT2D eigenvalue weighted by atomic mass is 10.1. The van der Waals surface area contributed by atoms with E-state index in [9.17, 15) is 4.79 Å². The summed E-state index contributed by atoms with van der Waals surface area (Å²) >= 11 is 1.78. The van der Waals surface area contributed by atoms with Gasteiger partial charge in [0.2, 0.25) is 5.91 Å². The summed E-state index contributed by atoms with van der Waals surface area (Å²) in [6.45, 7) is 8.31. The van der Waals surface area contributed by atoms with Gasteiger partial charge < -0.3 is 5.32 Å². The molecule has 0 atom stereocenters. The van der Waals surface area contributed by atoms with Crippen molar-refractivity contribution in [2.45, 2.75) is 18.4 Å². The zero-order chi connectivity index (χ0) is 18.9. The molecule has 2 aromatic rings. The molecule has 27 heavy (non-hydrogen) atoms. The van der Waals surface area contributed by atoms with Crippen molar-refractivity contribution in [2.24, 2.45) is 0 Å². The Balaban J connectivity index is 1.30. The Morgan fingerprint density at radius 2 is 1.74 bits per heavy atom. The number of carbonyl (C=O) groups is 1. The fourth-order valence-electron chi connectivity index (χ4n) is 3.31. The van der Waals surface area contributed by atoms with E-state index < -0.39 is 0 Å². The van der Waals surface area contributed by atoms with Crippen molar-refractivity contribution in [1.29, 1.82) is 0 Å². The first-order valence-electron chi connectivity index (χ1n) is 9.64. The van der Waals surface area contributed by atoms with Crippen molar-refractivity contribution in [1.82, 2.24) is 15.1 Å². The molecule has 0 saturated carbocycles.